The zero-order valence-corrected chi connectivity index (χ0v) is 17.0. The maximum absolute atomic E-state index is 12.8. The van der Waals surface area contributed by atoms with E-state index in [1.54, 1.807) is 12.1 Å². The second kappa shape index (κ2) is 8.67. The summed E-state index contributed by atoms with van der Waals surface area (Å²) in [7, 11) is 0. The van der Waals surface area contributed by atoms with Crippen molar-refractivity contribution in [1.82, 2.24) is 10.2 Å². The third-order valence-electron chi connectivity index (χ3n) is 6.20. The fourth-order valence-electron chi connectivity index (χ4n) is 4.42. The van der Waals surface area contributed by atoms with Crippen LogP contribution < -0.4 is 16.0 Å². The summed E-state index contributed by atoms with van der Waals surface area (Å²) in [5.41, 5.74) is 7.20. The lowest BCUT2D eigenvalue weighted by Gasteiger charge is -2.37. The van der Waals surface area contributed by atoms with Crippen LogP contribution in [-0.2, 0) is 4.79 Å². The van der Waals surface area contributed by atoms with Crippen molar-refractivity contribution >= 4 is 42.3 Å². The minimum atomic E-state index is -0.404. The van der Waals surface area contributed by atoms with Crippen molar-refractivity contribution in [2.24, 2.45) is 17.1 Å². The fraction of sp³-hybridized carbons (Fsp3) is 0.579. The number of amides is 2. The summed E-state index contributed by atoms with van der Waals surface area (Å²) in [5, 5.41) is 3.39. The van der Waals surface area contributed by atoms with E-state index in [-0.39, 0.29) is 30.7 Å². The number of nitrogens with one attached hydrogen (secondary N) is 1. The SMILES string of the molecule is Cl.Cl.NC(=O)c1ccc(N2CCN(C(=O)C3CC34CCNCC4)CC2)cc1. The van der Waals surface area contributed by atoms with E-state index in [0.29, 0.717) is 16.9 Å². The Balaban J connectivity index is 0.00000131. The number of nitrogens with two attached hydrogens (primary N) is 1. The first kappa shape index (κ1) is 21.8. The molecular weight excluding hydrogens is 387 g/mol. The summed E-state index contributed by atoms with van der Waals surface area (Å²) >= 11 is 0. The van der Waals surface area contributed by atoms with Crippen LogP contribution in [0.1, 0.15) is 29.6 Å². The molecular formula is C19H28Cl2N4O2. The summed E-state index contributed by atoms with van der Waals surface area (Å²) < 4.78 is 0. The minimum absolute atomic E-state index is 0. The molecule has 1 atom stereocenters. The monoisotopic (exact) mass is 414 g/mol. The molecule has 1 aromatic carbocycles. The molecule has 2 saturated heterocycles. The predicted octanol–water partition coefficient (Wildman–Crippen LogP) is 1.67. The van der Waals surface area contributed by atoms with Gasteiger partial charge in [0.05, 0.1) is 0 Å². The fourth-order valence-corrected chi connectivity index (χ4v) is 4.42. The Morgan fingerprint density at radius 3 is 2.15 bits per heavy atom. The molecule has 27 heavy (non-hydrogen) atoms. The number of anilines is 1. The van der Waals surface area contributed by atoms with Crippen LogP contribution in [0.2, 0.25) is 0 Å². The van der Waals surface area contributed by atoms with Gasteiger partial charge in [-0.05, 0) is 62.0 Å². The summed E-state index contributed by atoms with van der Waals surface area (Å²) in [4.78, 5) is 28.3. The number of benzene rings is 1. The standard InChI is InChI=1S/C19H26N4O2.2ClH/c20-17(24)14-1-3-15(4-2-14)22-9-11-23(12-10-22)18(25)16-13-19(16)5-7-21-8-6-19;;/h1-4,16,21H,5-13H2,(H2,20,24);2*1H. The van der Waals surface area contributed by atoms with Gasteiger partial charge in [-0.2, -0.15) is 0 Å². The van der Waals surface area contributed by atoms with Crippen LogP contribution >= 0.6 is 24.8 Å². The molecule has 2 heterocycles. The highest BCUT2D eigenvalue weighted by atomic mass is 35.5. The van der Waals surface area contributed by atoms with Gasteiger partial charge in [0, 0.05) is 43.3 Å². The Labute approximate surface area is 172 Å². The first-order chi connectivity index (χ1) is 12.1. The molecule has 4 rings (SSSR count). The van der Waals surface area contributed by atoms with E-state index in [2.05, 4.69) is 15.1 Å². The van der Waals surface area contributed by atoms with E-state index in [1.165, 1.54) is 0 Å². The predicted molar refractivity (Wildman–Crippen MR) is 111 cm³/mol. The zero-order valence-electron chi connectivity index (χ0n) is 15.4. The van der Waals surface area contributed by atoms with Gasteiger partial charge in [-0.3, -0.25) is 9.59 Å². The van der Waals surface area contributed by atoms with Crippen LogP contribution in [0.3, 0.4) is 0 Å². The molecule has 2 aliphatic heterocycles. The third kappa shape index (κ3) is 4.33. The third-order valence-corrected chi connectivity index (χ3v) is 6.20. The van der Waals surface area contributed by atoms with E-state index in [4.69, 9.17) is 5.73 Å². The Hall–Kier alpha value is -1.50. The van der Waals surface area contributed by atoms with Crippen LogP contribution in [0.15, 0.2) is 24.3 Å². The van der Waals surface area contributed by atoms with Crippen molar-refractivity contribution < 1.29 is 9.59 Å². The molecule has 1 aromatic rings. The minimum Gasteiger partial charge on any atom is -0.368 e. The Morgan fingerprint density at radius 2 is 1.59 bits per heavy atom. The molecule has 0 aromatic heterocycles. The number of carbonyl (C=O) groups is 2. The highest BCUT2D eigenvalue weighted by Gasteiger charge is 2.58. The molecule has 0 bridgehead atoms. The van der Waals surface area contributed by atoms with Gasteiger partial charge in [0.2, 0.25) is 11.8 Å². The van der Waals surface area contributed by atoms with Crippen molar-refractivity contribution in [1.29, 1.82) is 0 Å². The molecule has 6 nitrogen and oxygen atoms in total. The molecule has 2 amide bonds. The summed E-state index contributed by atoms with van der Waals surface area (Å²) in [6, 6.07) is 7.39. The topological polar surface area (TPSA) is 78.7 Å². The van der Waals surface area contributed by atoms with Crippen LogP contribution in [0.25, 0.3) is 0 Å². The molecule has 1 spiro atoms. The van der Waals surface area contributed by atoms with Gasteiger partial charge in [0.25, 0.3) is 0 Å². The van der Waals surface area contributed by atoms with Crippen molar-refractivity contribution in [3.05, 3.63) is 29.8 Å². The second-order valence-corrected chi connectivity index (χ2v) is 7.59. The zero-order chi connectivity index (χ0) is 17.4. The van der Waals surface area contributed by atoms with Crippen molar-refractivity contribution in [3.8, 4) is 0 Å². The van der Waals surface area contributed by atoms with E-state index in [0.717, 1.165) is 64.2 Å². The molecule has 1 aliphatic carbocycles. The van der Waals surface area contributed by atoms with Crippen LogP contribution in [-0.4, -0.2) is 56.0 Å². The number of nitrogens with zero attached hydrogens (tertiary/aromatic N) is 2. The Bertz CT molecular complexity index is 669. The van der Waals surface area contributed by atoms with Gasteiger partial charge in [-0.15, -0.1) is 24.8 Å². The number of hydrogen-bond donors (Lipinski definition) is 2. The molecule has 1 saturated carbocycles. The lowest BCUT2D eigenvalue weighted by molar-refractivity contribution is -0.133. The van der Waals surface area contributed by atoms with Gasteiger partial charge in [-0.1, -0.05) is 0 Å². The molecule has 3 N–H and O–H groups in total. The number of piperidine rings is 1. The number of primary amides is 1. The lowest BCUT2D eigenvalue weighted by Crippen LogP contribution is -2.49. The highest BCUT2D eigenvalue weighted by molar-refractivity contribution is 5.93. The van der Waals surface area contributed by atoms with Crippen LogP contribution in [0.4, 0.5) is 5.69 Å². The van der Waals surface area contributed by atoms with Crippen molar-refractivity contribution in [2.75, 3.05) is 44.2 Å². The quantitative estimate of drug-likeness (QED) is 0.788. The number of carbonyl (C=O) groups excluding carboxylic acids is 2. The average Bonchev–Trinajstić information content (AvgIpc) is 3.34. The Morgan fingerprint density at radius 1 is 1.00 bits per heavy atom. The molecule has 3 aliphatic rings. The van der Waals surface area contributed by atoms with Gasteiger partial charge < -0.3 is 20.9 Å². The average molecular weight is 415 g/mol. The Kier molecular flexibility index (Phi) is 7.00. The first-order valence-electron chi connectivity index (χ1n) is 9.23. The first-order valence-corrected chi connectivity index (χ1v) is 9.23. The molecule has 1 unspecified atom stereocenters. The van der Waals surface area contributed by atoms with Crippen molar-refractivity contribution in [3.63, 3.8) is 0 Å². The highest BCUT2D eigenvalue weighted by Crippen LogP contribution is 2.59. The van der Waals surface area contributed by atoms with Crippen molar-refractivity contribution in [2.45, 2.75) is 19.3 Å². The number of piperazine rings is 1. The molecule has 0 radical (unpaired) electrons. The lowest BCUT2D eigenvalue weighted by atomic mass is 9.91. The number of halogens is 2. The summed E-state index contributed by atoms with van der Waals surface area (Å²) in [5.74, 6) is 0.222. The normalized spacial score (nSPS) is 23.2. The van der Waals surface area contributed by atoms with Gasteiger partial charge >= 0.3 is 0 Å². The number of rotatable bonds is 3. The molecule has 3 fully saturated rings. The maximum Gasteiger partial charge on any atom is 0.248 e. The molecule has 150 valence electrons. The van der Waals surface area contributed by atoms with Gasteiger partial charge in [0.15, 0.2) is 0 Å². The van der Waals surface area contributed by atoms with E-state index >= 15 is 0 Å². The van der Waals surface area contributed by atoms with Crippen LogP contribution in [0.5, 0.6) is 0 Å². The maximum atomic E-state index is 12.8. The molecule has 8 heteroatoms. The van der Waals surface area contributed by atoms with E-state index in [9.17, 15) is 9.59 Å². The summed E-state index contributed by atoms with van der Waals surface area (Å²) in [6.45, 7) is 5.34. The number of hydrogen-bond acceptors (Lipinski definition) is 4. The van der Waals surface area contributed by atoms with Crippen LogP contribution in [0, 0.1) is 11.3 Å². The van der Waals surface area contributed by atoms with Gasteiger partial charge in [0.1, 0.15) is 0 Å². The van der Waals surface area contributed by atoms with E-state index < -0.39 is 5.91 Å². The largest absolute Gasteiger partial charge is 0.368 e. The van der Waals surface area contributed by atoms with Gasteiger partial charge in [-0.25, -0.2) is 0 Å². The van der Waals surface area contributed by atoms with E-state index in [1.807, 2.05) is 12.1 Å². The smallest absolute Gasteiger partial charge is 0.248 e. The summed E-state index contributed by atoms with van der Waals surface area (Å²) in [6.07, 6.45) is 3.38. The second-order valence-electron chi connectivity index (χ2n) is 7.59.